The summed E-state index contributed by atoms with van der Waals surface area (Å²) in [6.45, 7) is 2.98. The standard InChI is InChI=1S/C13H9BrF5N3O/c1-4-6(14)3-20-22(4)5(2)13(23)21-12-10(18)8(16)7(15)9(17)11(12)19/h3,5H,1-2H3,(H,21,23). The molecule has 2 rings (SSSR count). The van der Waals surface area contributed by atoms with Crippen molar-refractivity contribution in [2.24, 2.45) is 0 Å². The Morgan fingerprint density at radius 2 is 1.61 bits per heavy atom. The molecule has 1 aromatic carbocycles. The maximum absolute atomic E-state index is 13.5. The van der Waals surface area contributed by atoms with E-state index in [2.05, 4.69) is 21.0 Å². The van der Waals surface area contributed by atoms with Crippen molar-refractivity contribution in [1.29, 1.82) is 0 Å². The van der Waals surface area contributed by atoms with Crippen LogP contribution in [0.1, 0.15) is 18.7 Å². The van der Waals surface area contributed by atoms with Crippen LogP contribution < -0.4 is 5.32 Å². The lowest BCUT2D eigenvalue weighted by atomic mass is 10.2. The maximum Gasteiger partial charge on any atom is 0.249 e. The van der Waals surface area contributed by atoms with Gasteiger partial charge in [0.2, 0.25) is 11.7 Å². The van der Waals surface area contributed by atoms with Gasteiger partial charge in [0, 0.05) is 0 Å². The zero-order valence-electron chi connectivity index (χ0n) is 11.7. The molecule has 1 unspecified atom stereocenters. The van der Waals surface area contributed by atoms with Crippen LogP contribution in [0.3, 0.4) is 0 Å². The number of nitrogens with zero attached hydrogens (tertiary/aromatic N) is 2. The minimum Gasteiger partial charge on any atom is -0.319 e. The number of carbonyl (C=O) groups is 1. The van der Waals surface area contributed by atoms with Crippen molar-refractivity contribution in [3.8, 4) is 0 Å². The summed E-state index contributed by atoms with van der Waals surface area (Å²) in [5.74, 6) is -11.8. The molecule has 10 heteroatoms. The summed E-state index contributed by atoms with van der Waals surface area (Å²) in [6.07, 6.45) is 1.40. The third-order valence-electron chi connectivity index (χ3n) is 3.19. The number of benzene rings is 1. The Morgan fingerprint density at radius 1 is 1.13 bits per heavy atom. The van der Waals surface area contributed by atoms with Crippen LogP contribution in [0.5, 0.6) is 0 Å². The van der Waals surface area contributed by atoms with Gasteiger partial charge in [0.15, 0.2) is 23.3 Å². The Kier molecular flexibility index (Phi) is 4.73. The van der Waals surface area contributed by atoms with Crippen LogP contribution in [0.4, 0.5) is 27.6 Å². The minimum absolute atomic E-state index is 0.546. The highest BCUT2D eigenvalue weighted by Gasteiger charge is 2.28. The zero-order valence-corrected chi connectivity index (χ0v) is 13.3. The molecule has 1 N–H and O–H groups in total. The first kappa shape index (κ1) is 17.4. The molecule has 0 radical (unpaired) electrons. The van der Waals surface area contributed by atoms with Crippen molar-refractivity contribution in [2.45, 2.75) is 19.9 Å². The van der Waals surface area contributed by atoms with Crippen LogP contribution in [0.2, 0.25) is 0 Å². The van der Waals surface area contributed by atoms with Gasteiger partial charge in [0.05, 0.1) is 16.4 Å². The highest BCUT2D eigenvalue weighted by Crippen LogP contribution is 2.28. The Bertz CT molecular complexity index is 763. The van der Waals surface area contributed by atoms with E-state index in [1.165, 1.54) is 17.8 Å². The van der Waals surface area contributed by atoms with Gasteiger partial charge in [-0.15, -0.1) is 0 Å². The van der Waals surface area contributed by atoms with Crippen molar-refractivity contribution >= 4 is 27.5 Å². The molecule has 0 fully saturated rings. The summed E-state index contributed by atoms with van der Waals surface area (Å²) >= 11 is 3.17. The summed E-state index contributed by atoms with van der Waals surface area (Å²) in [7, 11) is 0. The van der Waals surface area contributed by atoms with Gasteiger partial charge in [-0.3, -0.25) is 9.48 Å². The average Bonchev–Trinajstić information content (AvgIpc) is 2.86. The second-order valence-electron chi connectivity index (χ2n) is 4.63. The van der Waals surface area contributed by atoms with Crippen LogP contribution in [0.15, 0.2) is 10.7 Å². The molecule has 0 saturated heterocycles. The fourth-order valence-corrected chi connectivity index (χ4v) is 2.12. The van der Waals surface area contributed by atoms with Gasteiger partial charge < -0.3 is 5.32 Å². The topological polar surface area (TPSA) is 46.9 Å². The third kappa shape index (κ3) is 2.94. The van der Waals surface area contributed by atoms with E-state index >= 15 is 0 Å². The number of rotatable bonds is 3. The van der Waals surface area contributed by atoms with E-state index in [1.54, 1.807) is 12.2 Å². The number of hydrogen-bond donors (Lipinski definition) is 1. The van der Waals surface area contributed by atoms with Gasteiger partial charge in [0.25, 0.3) is 0 Å². The lowest BCUT2D eigenvalue weighted by Crippen LogP contribution is -2.26. The molecule has 0 spiro atoms. The fourth-order valence-electron chi connectivity index (χ4n) is 1.85. The summed E-state index contributed by atoms with van der Waals surface area (Å²) in [5.41, 5.74) is -0.854. The molecule has 4 nitrogen and oxygen atoms in total. The first-order valence-electron chi connectivity index (χ1n) is 6.18. The summed E-state index contributed by atoms with van der Waals surface area (Å²) < 4.78 is 68.1. The van der Waals surface area contributed by atoms with E-state index in [9.17, 15) is 26.7 Å². The molecule has 124 valence electrons. The van der Waals surface area contributed by atoms with Crippen LogP contribution in [0, 0.1) is 36.0 Å². The summed E-state index contributed by atoms with van der Waals surface area (Å²) in [4.78, 5) is 12.0. The van der Waals surface area contributed by atoms with Crippen molar-refractivity contribution in [3.63, 3.8) is 0 Å². The second-order valence-corrected chi connectivity index (χ2v) is 5.49. The van der Waals surface area contributed by atoms with E-state index in [-0.39, 0.29) is 0 Å². The average molecular weight is 398 g/mol. The van der Waals surface area contributed by atoms with E-state index in [1.807, 2.05) is 0 Å². The van der Waals surface area contributed by atoms with E-state index in [4.69, 9.17) is 0 Å². The Balaban J connectivity index is 2.36. The SMILES string of the molecule is Cc1c(Br)cnn1C(C)C(=O)Nc1c(F)c(F)c(F)c(F)c1F. The molecule has 1 heterocycles. The molecule has 0 bridgehead atoms. The largest absolute Gasteiger partial charge is 0.319 e. The van der Waals surface area contributed by atoms with Gasteiger partial charge in [0.1, 0.15) is 11.7 Å². The lowest BCUT2D eigenvalue weighted by Gasteiger charge is -2.16. The first-order chi connectivity index (χ1) is 10.7. The normalized spacial score (nSPS) is 12.3. The number of hydrogen-bond acceptors (Lipinski definition) is 2. The molecule has 23 heavy (non-hydrogen) atoms. The first-order valence-corrected chi connectivity index (χ1v) is 6.98. The number of amides is 1. The fraction of sp³-hybridized carbons (Fsp3) is 0.231. The Morgan fingerprint density at radius 3 is 2.04 bits per heavy atom. The second kappa shape index (κ2) is 6.26. The molecule has 0 aliphatic carbocycles. The van der Waals surface area contributed by atoms with Crippen LogP contribution >= 0.6 is 15.9 Å². The van der Waals surface area contributed by atoms with Crippen LogP contribution in [-0.2, 0) is 4.79 Å². The number of aromatic nitrogens is 2. The lowest BCUT2D eigenvalue weighted by molar-refractivity contribution is -0.119. The summed E-state index contributed by atoms with van der Waals surface area (Å²) in [5, 5.41) is 5.60. The number of halogens is 6. The highest BCUT2D eigenvalue weighted by molar-refractivity contribution is 9.10. The molecule has 1 aromatic heterocycles. The van der Waals surface area contributed by atoms with E-state index in [0.29, 0.717) is 10.2 Å². The molecule has 1 atom stereocenters. The van der Waals surface area contributed by atoms with E-state index in [0.717, 1.165) is 0 Å². The quantitative estimate of drug-likeness (QED) is 0.485. The van der Waals surface area contributed by atoms with Gasteiger partial charge in [-0.1, -0.05) is 0 Å². The van der Waals surface area contributed by atoms with Crippen molar-refractivity contribution in [1.82, 2.24) is 9.78 Å². The minimum atomic E-state index is -2.29. The van der Waals surface area contributed by atoms with Gasteiger partial charge in [-0.2, -0.15) is 5.10 Å². The number of carbonyl (C=O) groups excluding carboxylic acids is 1. The van der Waals surface area contributed by atoms with E-state index < -0.39 is 46.7 Å². The predicted molar refractivity (Wildman–Crippen MR) is 74.2 cm³/mol. The van der Waals surface area contributed by atoms with Crippen molar-refractivity contribution in [2.75, 3.05) is 5.32 Å². The summed E-state index contributed by atoms with van der Waals surface area (Å²) in [6, 6.07) is -1.05. The highest BCUT2D eigenvalue weighted by atomic mass is 79.9. The van der Waals surface area contributed by atoms with Crippen LogP contribution in [0.25, 0.3) is 0 Å². The zero-order chi connectivity index (χ0) is 17.5. The predicted octanol–water partition coefficient (Wildman–Crippen LogP) is 3.85. The van der Waals surface area contributed by atoms with Gasteiger partial charge >= 0.3 is 0 Å². The van der Waals surface area contributed by atoms with Gasteiger partial charge in [-0.25, -0.2) is 22.0 Å². The Hall–Kier alpha value is -1.97. The smallest absolute Gasteiger partial charge is 0.249 e. The third-order valence-corrected chi connectivity index (χ3v) is 3.97. The molecule has 2 aromatic rings. The van der Waals surface area contributed by atoms with Crippen molar-refractivity contribution in [3.05, 3.63) is 45.4 Å². The number of anilines is 1. The van der Waals surface area contributed by atoms with Gasteiger partial charge in [-0.05, 0) is 29.8 Å². The molecule has 0 aliphatic rings. The molecule has 0 aliphatic heterocycles. The molecule has 0 saturated carbocycles. The Labute approximate surface area is 135 Å². The van der Waals surface area contributed by atoms with Crippen LogP contribution in [-0.4, -0.2) is 15.7 Å². The molecular weight excluding hydrogens is 389 g/mol. The maximum atomic E-state index is 13.5. The van der Waals surface area contributed by atoms with Crippen molar-refractivity contribution < 1.29 is 26.7 Å². The molecular formula is C13H9BrF5N3O. The molecule has 1 amide bonds. The monoisotopic (exact) mass is 397 g/mol. The number of nitrogens with one attached hydrogen (secondary N) is 1.